The second-order valence-corrected chi connectivity index (χ2v) is 6.26. The molecular weight excluding hydrogens is 248 g/mol. The molecule has 0 aromatic heterocycles. The third kappa shape index (κ3) is 3.68. The van der Waals surface area contributed by atoms with Crippen LogP contribution in [0.15, 0.2) is 24.3 Å². The summed E-state index contributed by atoms with van der Waals surface area (Å²) in [4.78, 5) is 17.0. The first-order chi connectivity index (χ1) is 9.47. The molecule has 0 amide bonds. The van der Waals surface area contributed by atoms with Crippen molar-refractivity contribution in [1.29, 1.82) is 0 Å². The molecule has 0 bridgehead atoms. The Morgan fingerprint density at radius 1 is 1.40 bits per heavy atom. The Hall–Kier alpha value is -1.19. The van der Waals surface area contributed by atoms with Gasteiger partial charge in [-0.2, -0.15) is 0 Å². The SMILES string of the molecule is Cc1ccc(C(=O)C(C)N(C)CC2CCN(C)C2)cc1. The standard InChI is InChI=1S/C17H26N2O/c1-13-5-7-16(8-6-13)17(20)14(2)19(4)12-15-9-10-18(3)11-15/h5-8,14-15H,9-12H2,1-4H3. The van der Waals surface area contributed by atoms with E-state index in [1.165, 1.54) is 18.5 Å². The van der Waals surface area contributed by atoms with Gasteiger partial charge in [-0.25, -0.2) is 0 Å². The number of benzene rings is 1. The van der Waals surface area contributed by atoms with E-state index in [9.17, 15) is 4.79 Å². The lowest BCUT2D eigenvalue weighted by atomic mass is 10.0. The van der Waals surface area contributed by atoms with E-state index in [0.717, 1.165) is 18.7 Å². The van der Waals surface area contributed by atoms with Gasteiger partial charge in [0.25, 0.3) is 0 Å². The average molecular weight is 274 g/mol. The summed E-state index contributed by atoms with van der Waals surface area (Å²) in [5.41, 5.74) is 2.01. The first-order valence-electron chi connectivity index (χ1n) is 7.47. The molecule has 1 saturated heterocycles. The molecule has 3 nitrogen and oxygen atoms in total. The monoisotopic (exact) mass is 274 g/mol. The maximum atomic E-state index is 12.5. The summed E-state index contributed by atoms with van der Waals surface area (Å²) < 4.78 is 0. The number of Topliss-reactive ketones (excluding diaryl/α,β-unsaturated/α-hetero) is 1. The lowest BCUT2D eigenvalue weighted by Crippen LogP contribution is -2.39. The van der Waals surface area contributed by atoms with Crippen molar-refractivity contribution in [1.82, 2.24) is 9.80 Å². The molecule has 0 aliphatic carbocycles. The number of carbonyl (C=O) groups excluding carboxylic acids is 1. The summed E-state index contributed by atoms with van der Waals surface area (Å²) in [5.74, 6) is 0.914. The van der Waals surface area contributed by atoms with Crippen molar-refractivity contribution in [2.24, 2.45) is 5.92 Å². The van der Waals surface area contributed by atoms with E-state index in [2.05, 4.69) is 23.9 Å². The van der Waals surface area contributed by atoms with Crippen LogP contribution < -0.4 is 0 Å². The van der Waals surface area contributed by atoms with E-state index in [4.69, 9.17) is 0 Å². The first kappa shape index (κ1) is 15.2. The second-order valence-electron chi connectivity index (χ2n) is 6.26. The van der Waals surface area contributed by atoms with Crippen molar-refractivity contribution in [3.05, 3.63) is 35.4 Å². The number of ketones is 1. The molecule has 0 N–H and O–H groups in total. The Balaban J connectivity index is 1.93. The fourth-order valence-corrected chi connectivity index (χ4v) is 2.90. The molecule has 1 aliphatic rings. The highest BCUT2D eigenvalue weighted by Crippen LogP contribution is 2.17. The van der Waals surface area contributed by atoms with E-state index < -0.39 is 0 Å². The summed E-state index contributed by atoms with van der Waals surface area (Å²) in [6.07, 6.45) is 1.24. The number of nitrogens with zero attached hydrogens (tertiary/aromatic N) is 2. The molecule has 1 fully saturated rings. The maximum absolute atomic E-state index is 12.5. The van der Waals surface area contributed by atoms with Gasteiger partial charge in [-0.15, -0.1) is 0 Å². The van der Waals surface area contributed by atoms with Crippen LogP contribution in [0.3, 0.4) is 0 Å². The summed E-state index contributed by atoms with van der Waals surface area (Å²) in [7, 11) is 4.23. The molecule has 2 rings (SSSR count). The lowest BCUT2D eigenvalue weighted by molar-refractivity contribution is 0.0853. The molecule has 0 spiro atoms. The molecule has 2 atom stereocenters. The number of rotatable bonds is 5. The zero-order valence-electron chi connectivity index (χ0n) is 13.1. The highest BCUT2D eigenvalue weighted by molar-refractivity contribution is 5.99. The van der Waals surface area contributed by atoms with Crippen LogP contribution in [0, 0.1) is 12.8 Å². The van der Waals surface area contributed by atoms with Gasteiger partial charge in [0.15, 0.2) is 5.78 Å². The number of hydrogen-bond acceptors (Lipinski definition) is 3. The summed E-state index contributed by atoms with van der Waals surface area (Å²) >= 11 is 0. The molecule has 20 heavy (non-hydrogen) atoms. The number of carbonyl (C=O) groups is 1. The summed E-state index contributed by atoms with van der Waals surface area (Å²) in [5, 5.41) is 0. The summed E-state index contributed by atoms with van der Waals surface area (Å²) in [6.45, 7) is 7.39. The predicted molar refractivity (Wildman–Crippen MR) is 83.2 cm³/mol. The maximum Gasteiger partial charge on any atom is 0.179 e. The molecule has 110 valence electrons. The van der Waals surface area contributed by atoms with Gasteiger partial charge in [-0.3, -0.25) is 9.69 Å². The predicted octanol–water partition coefficient (Wildman–Crippen LogP) is 2.45. The molecule has 0 radical (unpaired) electrons. The van der Waals surface area contributed by atoms with Crippen LogP contribution >= 0.6 is 0 Å². The van der Waals surface area contributed by atoms with Gasteiger partial charge >= 0.3 is 0 Å². The van der Waals surface area contributed by atoms with E-state index >= 15 is 0 Å². The molecule has 1 aromatic carbocycles. The van der Waals surface area contributed by atoms with E-state index in [1.807, 2.05) is 38.1 Å². The van der Waals surface area contributed by atoms with Crippen LogP contribution in [0.2, 0.25) is 0 Å². The fourth-order valence-electron chi connectivity index (χ4n) is 2.90. The third-order valence-electron chi connectivity index (χ3n) is 4.41. The highest BCUT2D eigenvalue weighted by Gasteiger charge is 2.25. The van der Waals surface area contributed by atoms with Crippen LogP contribution in [0.25, 0.3) is 0 Å². The Morgan fingerprint density at radius 2 is 2.05 bits per heavy atom. The minimum Gasteiger partial charge on any atom is -0.306 e. The molecule has 3 heteroatoms. The Bertz CT molecular complexity index is 455. The van der Waals surface area contributed by atoms with Gasteiger partial charge in [-0.05, 0) is 46.8 Å². The van der Waals surface area contributed by atoms with Crippen LogP contribution in [0.5, 0.6) is 0 Å². The first-order valence-corrected chi connectivity index (χ1v) is 7.47. The van der Waals surface area contributed by atoms with Crippen molar-refractivity contribution < 1.29 is 4.79 Å². The van der Waals surface area contributed by atoms with Gasteiger partial charge < -0.3 is 4.90 Å². The van der Waals surface area contributed by atoms with E-state index in [-0.39, 0.29) is 11.8 Å². The van der Waals surface area contributed by atoms with E-state index in [1.54, 1.807) is 0 Å². The van der Waals surface area contributed by atoms with Gasteiger partial charge in [-0.1, -0.05) is 29.8 Å². The molecular formula is C17H26N2O. The van der Waals surface area contributed by atoms with E-state index in [0.29, 0.717) is 5.92 Å². The number of aryl methyl sites for hydroxylation is 1. The van der Waals surface area contributed by atoms with Gasteiger partial charge in [0.2, 0.25) is 0 Å². The molecule has 0 saturated carbocycles. The van der Waals surface area contributed by atoms with Gasteiger partial charge in [0.05, 0.1) is 6.04 Å². The van der Waals surface area contributed by atoms with Crippen LogP contribution in [0.1, 0.15) is 29.3 Å². The Kier molecular flexibility index (Phi) is 4.95. The zero-order chi connectivity index (χ0) is 14.7. The van der Waals surface area contributed by atoms with Crippen molar-refractivity contribution >= 4 is 5.78 Å². The largest absolute Gasteiger partial charge is 0.306 e. The highest BCUT2D eigenvalue weighted by atomic mass is 16.1. The van der Waals surface area contributed by atoms with Crippen molar-refractivity contribution in [3.63, 3.8) is 0 Å². The average Bonchev–Trinajstić information content (AvgIpc) is 2.83. The quantitative estimate of drug-likeness (QED) is 0.771. The fraction of sp³-hybridized carbons (Fsp3) is 0.588. The minimum absolute atomic E-state index is 0.0522. The molecule has 1 heterocycles. The zero-order valence-corrected chi connectivity index (χ0v) is 13.1. The third-order valence-corrected chi connectivity index (χ3v) is 4.41. The topological polar surface area (TPSA) is 23.6 Å². The number of hydrogen-bond donors (Lipinski definition) is 0. The molecule has 1 aliphatic heterocycles. The van der Waals surface area contributed by atoms with Gasteiger partial charge in [0.1, 0.15) is 0 Å². The minimum atomic E-state index is -0.0522. The van der Waals surface area contributed by atoms with Crippen molar-refractivity contribution in [2.75, 3.05) is 33.7 Å². The number of likely N-dealkylation sites (N-methyl/N-ethyl adjacent to an activating group) is 1. The van der Waals surface area contributed by atoms with Crippen molar-refractivity contribution in [3.8, 4) is 0 Å². The van der Waals surface area contributed by atoms with Gasteiger partial charge in [0, 0.05) is 18.7 Å². The van der Waals surface area contributed by atoms with Crippen molar-refractivity contribution in [2.45, 2.75) is 26.3 Å². The molecule has 1 aromatic rings. The second kappa shape index (κ2) is 6.51. The normalized spacial score (nSPS) is 21.4. The van der Waals surface area contributed by atoms with Crippen LogP contribution in [-0.2, 0) is 0 Å². The van der Waals surface area contributed by atoms with Crippen LogP contribution in [-0.4, -0.2) is 55.4 Å². The lowest BCUT2D eigenvalue weighted by Gasteiger charge is -2.26. The smallest absolute Gasteiger partial charge is 0.179 e. The Labute approximate surface area is 122 Å². The number of likely N-dealkylation sites (tertiary alicyclic amines) is 1. The summed E-state index contributed by atoms with van der Waals surface area (Å²) in [6, 6.07) is 7.83. The Morgan fingerprint density at radius 3 is 2.60 bits per heavy atom. The molecule has 2 unspecified atom stereocenters. The van der Waals surface area contributed by atoms with Crippen LogP contribution in [0.4, 0.5) is 0 Å².